The van der Waals surface area contributed by atoms with E-state index in [0.29, 0.717) is 0 Å². The highest BCUT2D eigenvalue weighted by Crippen LogP contribution is 2.30. The quantitative estimate of drug-likeness (QED) is 0.807. The Morgan fingerprint density at radius 2 is 1.91 bits per heavy atom. The van der Waals surface area contributed by atoms with Crippen molar-refractivity contribution in [2.24, 2.45) is 0 Å². The summed E-state index contributed by atoms with van der Waals surface area (Å²) >= 11 is 0. The predicted octanol–water partition coefficient (Wildman–Crippen LogP) is 3.20. The maximum absolute atomic E-state index is 13.2. The largest absolute Gasteiger partial charge is 0.379 e. The fraction of sp³-hybridized carbons (Fsp3) is 0.278. The molecule has 118 valence electrons. The van der Waals surface area contributed by atoms with Crippen molar-refractivity contribution in [2.75, 3.05) is 26.3 Å². The highest BCUT2D eigenvalue weighted by molar-refractivity contribution is 5.88. The first-order chi connectivity index (χ1) is 11.3. The molecule has 1 aliphatic rings. The van der Waals surface area contributed by atoms with Crippen LogP contribution in [0.4, 0.5) is 4.39 Å². The van der Waals surface area contributed by atoms with Gasteiger partial charge in [0, 0.05) is 36.8 Å². The van der Waals surface area contributed by atoms with E-state index in [1.165, 1.54) is 17.7 Å². The van der Waals surface area contributed by atoms with Crippen LogP contribution in [0.25, 0.3) is 22.3 Å². The summed E-state index contributed by atoms with van der Waals surface area (Å²) in [5.74, 6) is -0.224. The topological polar surface area (TPSA) is 41.2 Å². The van der Waals surface area contributed by atoms with E-state index in [1.807, 2.05) is 18.2 Å². The number of rotatable bonds is 3. The summed E-state index contributed by atoms with van der Waals surface area (Å²) < 4.78 is 18.7. The Labute approximate surface area is 133 Å². The summed E-state index contributed by atoms with van der Waals surface area (Å²) in [6.45, 7) is 4.23. The van der Waals surface area contributed by atoms with E-state index >= 15 is 0 Å². The molecule has 1 N–H and O–H groups in total. The lowest BCUT2D eigenvalue weighted by atomic mass is 10.1. The summed E-state index contributed by atoms with van der Waals surface area (Å²) in [4.78, 5) is 10.2. The van der Waals surface area contributed by atoms with Gasteiger partial charge in [-0.3, -0.25) is 4.90 Å². The van der Waals surface area contributed by atoms with Crippen LogP contribution in [-0.4, -0.2) is 41.2 Å². The third-order valence-electron chi connectivity index (χ3n) is 4.30. The molecule has 0 radical (unpaired) electrons. The number of aromatic amines is 1. The van der Waals surface area contributed by atoms with Crippen molar-refractivity contribution >= 4 is 11.0 Å². The minimum Gasteiger partial charge on any atom is -0.379 e. The minimum atomic E-state index is -0.224. The van der Waals surface area contributed by atoms with Crippen LogP contribution in [-0.2, 0) is 11.3 Å². The van der Waals surface area contributed by atoms with Gasteiger partial charge >= 0.3 is 0 Å². The molecule has 0 aliphatic carbocycles. The Kier molecular flexibility index (Phi) is 3.81. The van der Waals surface area contributed by atoms with E-state index in [-0.39, 0.29) is 5.82 Å². The van der Waals surface area contributed by atoms with Crippen LogP contribution in [0.3, 0.4) is 0 Å². The summed E-state index contributed by atoms with van der Waals surface area (Å²) in [5, 5.41) is 1.12. The van der Waals surface area contributed by atoms with Crippen molar-refractivity contribution in [3.05, 3.63) is 54.0 Å². The van der Waals surface area contributed by atoms with Crippen molar-refractivity contribution < 1.29 is 9.13 Å². The zero-order valence-corrected chi connectivity index (χ0v) is 12.8. The van der Waals surface area contributed by atoms with E-state index in [1.54, 1.807) is 6.20 Å². The molecule has 0 atom stereocenters. The second kappa shape index (κ2) is 6.10. The van der Waals surface area contributed by atoms with Gasteiger partial charge in [-0.05, 0) is 42.0 Å². The molecule has 23 heavy (non-hydrogen) atoms. The monoisotopic (exact) mass is 311 g/mol. The van der Waals surface area contributed by atoms with Gasteiger partial charge in [-0.25, -0.2) is 9.37 Å². The van der Waals surface area contributed by atoms with E-state index in [9.17, 15) is 4.39 Å². The average Bonchev–Trinajstić information content (AvgIpc) is 2.95. The molecule has 0 unspecified atom stereocenters. The molecule has 3 aromatic rings. The molecule has 0 spiro atoms. The maximum Gasteiger partial charge on any atom is 0.138 e. The highest BCUT2D eigenvalue weighted by atomic mass is 19.1. The van der Waals surface area contributed by atoms with Crippen molar-refractivity contribution in [1.82, 2.24) is 14.9 Å². The van der Waals surface area contributed by atoms with Crippen molar-refractivity contribution in [1.29, 1.82) is 0 Å². The third kappa shape index (κ3) is 2.85. The van der Waals surface area contributed by atoms with Gasteiger partial charge in [0.05, 0.1) is 18.9 Å². The number of fused-ring (bicyclic) bond motifs is 1. The van der Waals surface area contributed by atoms with Crippen LogP contribution >= 0.6 is 0 Å². The molecule has 0 bridgehead atoms. The number of morpholine rings is 1. The van der Waals surface area contributed by atoms with E-state index in [2.05, 4.69) is 20.9 Å². The SMILES string of the molecule is Fc1ccc(-c2[nH]c3ncccc3c2CN2CCOCC2)cc1. The van der Waals surface area contributed by atoms with Gasteiger partial charge in [0.1, 0.15) is 11.5 Å². The Morgan fingerprint density at radius 3 is 2.70 bits per heavy atom. The normalized spacial score (nSPS) is 16.0. The molecule has 1 aliphatic heterocycles. The zero-order chi connectivity index (χ0) is 15.6. The molecule has 1 saturated heterocycles. The van der Waals surface area contributed by atoms with Crippen molar-refractivity contribution in [2.45, 2.75) is 6.54 Å². The first kappa shape index (κ1) is 14.4. The maximum atomic E-state index is 13.2. The van der Waals surface area contributed by atoms with Gasteiger partial charge in [0.2, 0.25) is 0 Å². The summed E-state index contributed by atoms with van der Waals surface area (Å²) in [6.07, 6.45) is 1.78. The molecule has 0 saturated carbocycles. The Balaban J connectivity index is 1.79. The van der Waals surface area contributed by atoms with E-state index in [0.717, 1.165) is 55.1 Å². The Morgan fingerprint density at radius 1 is 1.13 bits per heavy atom. The third-order valence-corrected chi connectivity index (χ3v) is 4.30. The van der Waals surface area contributed by atoms with E-state index < -0.39 is 0 Å². The van der Waals surface area contributed by atoms with Crippen LogP contribution in [0.2, 0.25) is 0 Å². The molecule has 2 aromatic heterocycles. The van der Waals surface area contributed by atoms with Crippen molar-refractivity contribution in [3.8, 4) is 11.3 Å². The highest BCUT2D eigenvalue weighted by Gasteiger charge is 2.18. The summed E-state index contributed by atoms with van der Waals surface area (Å²) in [6, 6.07) is 10.6. The second-order valence-electron chi connectivity index (χ2n) is 5.77. The van der Waals surface area contributed by atoms with Gasteiger partial charge in [-0.15, -0.1) is 0 Å². The Hall–Kier alpha value is -2.24. The fourth-order valence-corrected chi connectivity index (χ4v) is 3.09. The number of hydrogen-bond acceptors (Lipinski definition) is 3. The lowest BCUT2D eigenvalue weighted by Crippen LogP contribution is -2.35. The van der Waals surface area contributed by atoms with E-state index in [4.69, 9.17) is 4.74 Å². The standard InChI is InChI=1S/C18H18FN3O/c19-14-5-3-13(4-6-14)17-16(12-22-8-10-23-11-9-22)15-2-1-7-20-18(15)21-17/h1-7H,8-12H2,(H,20,21). The van der Waals surface area contributed by atoms with Gasteiger partial charge in [-0.1, -0.05) is 0 Å². The number of ether oxygens (including phenoxy) is 1. The zero-order valence-electron chi connectivity index (χ0n) is 12.8. The summed E-state index contributed by atoms with van der Waals surface area (Å²) in [5.41, 5.74) is 4.08. The minimum absolute atomic E-state index is 0.224. The number of halogens is 1. The molecule has 1 aromatic carbocycles. The number of pyridine rings is 1. The van der Waals surface area contributed by atoms with Gasteiger partial charge in [0.15, 0.2) is 0 Å². The number of aromatic nitrogens is 2. The first-order valence-corrected chi connectivity index (χ1v) is 7.83. The van der Waals surface area contributed by atoms with Gasteiger partial charge in [0.25, 0.3) is 0 Å². The molecule has 4 rings (SSSR count). The molecule has 4 nitrogen and oxygen atoms in total. The van der Waals surface area contributed by atoms with Crippen LogP contribution in [0, 0.1) is 5.82 Å². The van der Waals surface area contributed by atoms with Crippen molar-refractivity contribution in [3.63, 3.8) is 0 Å². The van der Waals surface area contributed by atoms with Crippen LogP contribution < -0.4 is 0 Å². The lowest BCUT2D eigenvalue weighted by Gasteiger charge is -2.26. The molecule has 3 heterocycles. The van der Waals surface area contributed by atoms with Crippen LogP contribution in [0.5, 0.6) is 0 Å². The number of benzene rings is 1. The molecular weight excluding hydrogens is 293 g/mol. The molecular formula is C18H18FN3O. The number of hydrogen-bond donors (Lipinski definition) is 1. The van der Waals surface area contributed by atoms with Gasteiger partial charge < -0.3 is 9.72 Å². The molecule has 1 fully saturated rings. The number of nitrogens with one attached hydrogen (secondary N) is 1. The van der Waals surface area contributed by atoms with Crippen LogP contribution in [0.1, 0.15) is 5.56 Å². The number of nitrogens with zero attached hydrogens (tertiary/aromatic N) is 2. The Bertz CT molecular complexity index is 807. The predicted molar refractivity (Wildman–Crippen MR) is 87.6 cm³/mol. The lowest BCUT2D eigenvalue weighted by molar-refractivity contribution is 0.0344. The van der Waals surface area contributed by atoms with Gasteiger partial charge in [-0.2, -0.15) is 0 Å². The fourth-order valence-electron chi connectivity index (χ4n) is 3.09. The first-order valence-electron chi connectivity index (χ1n) is 7.83. The molecule has 0 amide bonds. The smallest absolute Gasteiger partial charge is 0.138 e. The average molecular weight is 311 g/mol. The van der Waals surface area contributed by atoms with Crippen LogP contribution in [0.15, 0.2) is 42.6 Å². The number of H-pyrrole nitrogens is 1. The molecule has 5 heteroatoms. The second-order valence-corrected chi connectivity index (χ2v) is 5.77. The summed E-state index contributed by atoms with van der Waals surface area (Å²) in [7, 11) is 0.